The van der Waals surface area contributed by atoms with Gasteiger partial charge in [-0.1, -0.05) is 43.7 Å². The maximum Gasteiger partial charge on any atom is 0.220 e. The molecule has 1 aromatic rings. The fourth-order valence-electron chi connectivity index (χ4n) is 1.94. The van der Waals surface area contributed by atoms with Crippen LogP contribution in [0.3, 0.4) is 0 Å². The van der Waals surface area contributed by atoms with Crippen molar-refractivity contribution in [3.8, 4) is 0 Å². The lowest BCUT2D eigenvalue weighted by molar-refractivity contribution is -0.121. The number of amides is 1. The largest absolute Gasteiger partial charge is 0.356 e. The van der Waals surface area contributed by atoms with E-state index in [2.05, 4.69) is 55.7 Å². The van der Waals surface area contributed by atoms with Gasteiger partial charge in [0.1, 0.15) is 0 Å². The Balaban J connectivity index is 2.10. The summed E-state index contributed by atoms with van der Waals surface area (Å²) in [7, 11) is 0. The molecule has 2 N–H and O–H groups in total. The molecule has 19 heavy (non-hydrogen) atoms. The monoisotopic (exact) mass is 262 g/mol. The zero-order chi connectivity index (χ0) is 14.1. The second-order valence-corrected chi connectivity index (χ2v) is 5.30. The lowest BCUT2D eigenvalue weighted by Gasteiger charge is -2.08. The van der Waals surface area contributed by atoms with Crippen molar-refractivity contribution < 1.29 is 4.79 Å². The molecule has 0 aliphatic heterocycles. The molecule has 0 spiro atoms. The second-order valence-electron chi connectivity index (χ2n) is 5.30. The Labute approximate surface area is 116 Å². The molecule has 3 heteroatoms. The van der Waals surface area contributed by atoms with Gasteiger partial charge in [-0.2, -0.15) is 0 Å². The van der Waals surface area contributed by atoms with E-state index in [1.807, 2.05) is 0 Å². The number of carbonyl (C=O) groups is 1. The average Bonchev–Trinajstić information content (AvgIpc) is 2.34. The molecule has 1 rings (SSSR count). The Kier molecular flexibility index (Phi) is 7.19. The van der Waals surface area contributed by atoms with E-state index >= 15 is 0 Å². The van der Waals surface area contributed by atoms with Crippen LogP contribution in [0.15, 0.2) is 24.3 Å². The Bertz CT molecular complexity index is 388. The molecule has 0 aliphatic rings. The minimum atomic E-state index is 0.151. The molecule has 0 fully saturated rings. The van der Waals surface area contributed by atoms with E-state index in [0.717, 1.165) is 25.9 Å². The molecule has 0 radical (unpaired) electrons. The van der Waals surface area contributed by atoms with Crippen molar-refractivity contribution in [3.63, 3.8) is 0 Å². The molecule has 3 nitrogen and oxygen atoms in total. The number of benzene rings is 1. The second kappa shape index (κ2) is 8.70. The highest BCUT2D eigenvalue weighted by Crippen LogP contribution is 2.03. The first kappa shape index (κ1) is 15.7. The molecular weight excluding hydrogens is 236 g/mol. The molecule has 0 saturated heterocycles. The predicted octanol–water partition coefficient (Wildman–Crippen LogP) is 2.43. The van der Waals surface area contributed by atoms with E-state index in [4.69, 9.17) is 0 Å². The highest BCUT2D eigenvalue weighted by molar-refractivity contribution is 5.75. The van der Waals surface area contributed by atoms with E-state index in [1.54, 1.807) is 0 Å². The third-order valence-corrected chi connectivity index (χ3v) is 2.95. The van der Waals surface area contributed by atoms with E-state index in [-0.39, 0.29) is 5.91 Å². The van der Waals surface area contributed by atoms with E-state index < -0.39 is 0 Å². The van der Waals surface area contributed by atoms with Crippen LogP contribution in [-0.4, -0.2) is 25.0 Å². The highest BCUT2D eigenvalue weighted by Gasteiger charge is 2.01. The van der Waals surface area contributed by atoms with Gasteiger partial charge in [-0.3, -0.25) is 4.79 Å². The molecule has 0 saturated carbocycles. The summed E-state index contributed by atoms with van der Waals surface area (Å²) in [6, 6.07) is 8.91. The summed E-state index contributed by atoms with van der Waals surface area (Å²) in [6.45, 7) is 7.94. The summed E-state index contributed by atoms with van der Waals surface area (Å²) in [5.41, 5.74) is 2.55. The fraction of sp³-hybridized carbons (Fsp3) is 0.562. The van der Waals surface area contributed by atoms with Gasteiger partial charge in [0.2, 0.25) is 5.91 Å². The van der Waals surface area contributed by atoms with Crippen LogP contribution in [0.25, 0.3) is 0 Å². The Morgan fingerprint density at radius 2 is 2.05 bits per heavy atom. The zero-order valence-electron chi connectivity index (χ0n) is 12.3. The van der Waals surface area contributed by atoms with E-state index in [1.165, 1.54) is 11.1 Å². The predicted molar refractivity (Wildman–Crippen MR) is 80.3 cm³/mol. The Morgan fingerprint density at radius 3 is 2.74 bits per heavy atom. The quantitative estimate of drug-likeness (QED) is 0.707. The molecule has 0 aliphatic carbocycles. The summed E-state index contributed by atoms with van der Waals surface area (Å²) in [5, 5.41) is 6.28. The molecule has 0 aromatic heterocycles. The zero-order valence-corrected chi connectivity index (χ0v) is 12.3. The third-order valence-electron chi connectivity index (χ3n) is 2.95. The van der Waals surface area contributed by atoms with Crippen molar-refractivity contribution in [2.24, 2.45) is 0 Å². The molecule has 0 unspecified atom stereocenters. The van der Waals surface area contributed by atoms with Gasteiger partial charge in [-0.15, -0.1) is 0 Å². The first-order valence-electron chi connectivity index (χ1n) is 7.13. The van der Waals surface area contributed by atoms with Crippen molar-refractivity contribution in [1.82, 2.24) is 10.6 Å². The highest BCUT2D eigenvalue weighted by atomic mass is 16.1. The summed E-state index contributed by atoms with van der Waals surface area (Å²) < 4.78 is 0. The number of rotatable bonds is 8. The van der Waals surface area contributed by atoms with Crippen molar-refractivity contribution in [2.45, 2.75) is 46.1 Å². The van der Waals surface area contributed by atoms with Crippen LogP contribution >= 0.6 is 0 Å². The number of carbonyl (C=O) groups excluding carboxylic acids is 1. The Morgan fingerprint density at radius 1 is 1.26 bits per heavy atom. The molecule has 106 valence electrons. The fourth-order valence-corrected chi connectivity index (χ4v) is 1.94. The summed E-state index contributed by atoms with van der Waals surface area (Å²) in [6.07, 6.45) is 2.40. The molecule has 1 amide bonds. The maximum absolute atomic E-state index is 11.6. The first-order valence-corrected chi connectivity index (χ1v) is 7.13. The van der Waals surface area contributed by atoms with Crippen LogP contribution in [0.5, 0.6) is 0 Å². The first-order chi connectivity index (χ1) is 9.08. The minimum Gasteiger partial charge on any atom is -0.356 e. The standard InChI is InChI=1S/C16H26N2O/c1-13(2)17-10-5-8-16(19)18-11-9-15-7-4-6-14(3)12-15/h4,6-7,12-13,17H,5,8-11H2,1-3H3,(H,18,19). The number of hydrogen-bond acceptors (Lipinski definition) is 2. The lowest BCUT2D eigenvalue weighted by Crippen LogP contribution is -2.28. The number of nitrogens with one attached hydrogen (secondary N) is 2. The van der Waals surface area contributed by atoms with E-state index in [9.17, 15) is 4.79 Å². The van der Waals surface area contributed by atoms with Gasteiger partial charge in [-0.25, -0.2) is 0 Å². The third kappa shape index (κ3) is 7.62. The smallest absolute Gasteiger partial charge is 0.220 e. The van der Waals surface area contributed by atoms with Crippen LogP contribution < -0.4 is 10.6 Å². The van der Waals surface area contributed by atoms with Crippen LogP contribution in [-0.2, 0) is 11.2 Å². The van der Waals surface area contributed by atoms with Gasteiger partial charge in [-0.05, 0) is 31.9 Å². The normalized spacial score (nSPS) is 10.7. The summed E-state index contributed by atoms with van der Waals surface area (Å²) >= 11 is 0. The van der Waals surface area contributed by atoms with Gasteiger partial charge in [0, 0.05) is 19.0 Å². The van der Waals surface area contributed by atoms with Crippen LogP contribution in [0.4, 0.5) is 0 Å². The van der Waals surface area contributed by atoms with Crippen molar-refractivity contribution in [3.05, 3.63) is 35.4 Å². The molecule has 0 atom stereocenters. The Hall–Kier alpha value is -1.35. The van der Waals surface area contributed by atoms with Crippen molar-refractivity contribution in [2.75, 3.05) is 13.1 Å². The van der Waals surface area contributed by atoms with Gasteiger partial charge in [0.15, 0.2) is 0 Å². The molecule has 0 heterocycles. The SMILES string of the molecule is Cc1cccc(CCNC(=O)CCCNC(C)C)c1. The van der Waals surface area contributed by atoms with Gasteiger partial charge in [0.25, 0.3) is 0 Å². The summed E-state index contributed by atoms with van der Waals surface area (Å²) in [5.74, 6) is 0.151. The van der Waals surface area contributed by atoms with Crippen LogP contribution in [0, 0.1) is 6.92 Å². The topological polar surface area (TPSA) is 41.1 Å². The van der Waals surface area contributed by atoms with Gasteiger partial charge < -0.3 is 10.6 Å². The number of hydrogen-bond donors (Lipinski definition) is 2. The van der Waals surface area contributed by atoms with Gasteiger partial charge >= 0.3 is 0 Å². The van der Waals surface area contributed by atoms with E-state index in [0.29, 0.717) is 12.5 Å². The number of aryl methyl sites for hydroxylation is 1. The maximum atomic E-state index is 11.6. The van der Waals surface area contributed by atoms with Crippen LogP contribution in [0.1, 0.15) is 37.8 Å². The minimum absolute atomic E-state index is 0.151. The van der Waals surface area contributed by atoms with Gasteiger partial charge in [0.05, 0.1) is 0 Å². The van der Waals surface area contributed by atoms with Crippen molar-refractivity contribution in [1.29, 1.82) is 0 Å². The molecule has 1 aromatic carbocycles. The average molecular weight is 262 g/mol. The summed E-state index contributed by atoms with van der Waals surface area (Å²) in [4.78, 5) is 11.6. The van der Waals surface area contributed by atoms with Crippen molar-refractivity contribution >= 4 is 5.91 Å². The molecular formula is C16H26N2O. The molecule has 0 bridgehead atoms. The van der Waals surface area contributed by atoms with Crippen LogP contribution in [0.2, 0.25) is 0 Å². The lowest BCUT2D eigenvalue weighted by atomic mass is 10.1.